The molecule has 0 bridgehead atoms. The van der Waals surface area contributed by atoms with Gasteiger partial charge >= 0.3 is 0 Å². The van der Waals surface area contributed by atoms with Gasteiger partial charge in [-0.3, -0.25) is 0 Å². The first-order valence-electron chi connectivity index (χ1n) is 8.33. The minimum atomic E-state index is -1.46. The predicted molar refractivity (Wildman–Crippen MR) is 100 cm³/mol. The van der Waals surface area contributed by atoms with Crippen molar-refractivity contribution in [1.29, 1.82) is 0 Å². The van der Waals surface area contributed by atoms with Gasteiger partial charge < -0.3 is 14.6 Å². The second-order valence-electron chi connectivity index (χ2n) is 7.21. The molecule has 128 valence electrons. The van der Waals surface area contributed by atoms with Crippen molar-refractivity contribution in [3.63, 3.8) is 0 Å². The number of fused-ring (bicyclic) bond motifs is 1. The zero-order chi connectivity index (χ0) is 17.0. The molecule has 0 spiro atoms. The highest BCUT2D eigenvalue weighted by molar-refractivity contribution is 9.11. The van der Waals surface area contributed by atoms with Crippen molar-refractivity contribution in [3.05, 3.63) is 22.7 Å². The fourth-order valence-electron chi connectivity index (χ4n) is 2.72. The molecular weight excluding hydrogens is 372 g/mol. The normalized spacial score (nSPS) is 32.7. The summed E-state index contributed by atoms with van der Waals surface area (Å²) < 4.78 is 13.2. The summed E-state index contributed by atoms with van der Waals surface area (Å²) in [6, 6.07) is 0. The maximum atomic E-state index is 10.2. The highest BCUT2D eigenvalue weighted by atomic mass is 79.9. The average Bonchev–Trinajstić information content (AvgIpc) is 3.02. The first kappa shape index (κ1) is 18.9. The summed E-state index contributed by atoms with van der Waals surface area (Å²) in [5.74, 6) is 2.98. The molecule has 2 aliphatic rings. The van der Waals surface area contributed by atoms with E-state index in [0.717, 1.165) is 19.3 Å². The van der Waals surface area contributed by atoms with Crippen LogP contribution in [0.25, 0.3) is 0 Å². The molecule has 0 aliphatic carbocycles. The van der Waals surface area contributed by atoms with Crippen LogP contribution in [0.3, 0.4) is 0 Å². The number of hydrogen-bond acceptors (Lipinski definition) is 3. The Labute approximate surface area is 149 Å². The van der Waals surface area contributed by atoms with E-state index in [0.29, 0.717) is 0 Å². The first-order chi connectivity index (χ1) is 10.8. The van der Waals surface area contributed by atoms with Gasteiger partial charge in [-0.25, -0.2) is 0 Å². The number of rotatable bonds is 4. The third-order valence-electron chi connectivity index (χ3n) is 3.93. The van der Waals surface area contributed by atoms with E-state index >= 15 is 0 Å². The summed E-state index contributed by atoms with van der Waals surface area (Å²) >= 11 is 3.49. The van der Waals surface area contributed by atoms with Crippen molar-refractivity contribution in [3.8, 4) is 11.5 Å². The van der Waals surface area contributed by atoms with Gasteiger partial charge in [0.05, 0.1) is 24.4 Å². The Hall–Kier alpha value is -0.383. The molecule has 1 unspecified atom stereocenters. The monoisotopic (exact) mass is 398 g/mol. The summed E-state index contributed by atoms with van der Waals surface area (Å²) in [5, 5.41) is 10.2. The van der Waals surface area contributed by atoms with E-state index in [2.05, 4.69) is 66.1 Å². The van der Waals surface area contributed by atoms with E-state index in [1.807, 2.05) is 6.08 Å². The summed E-state index contributed by atoms with van der Waals surface area (Å²) in [4.78, 5) is 0. The molecule has 5 heteroatoms. The standard InChI is InChI=1S/C18H27BrO3Si/c1-5-13(19)7-6-8-14-11-17-18(21-14)12-16(22-17)15(20)9-10-23(2,3)4/h6-8,14-18,20H,5,11-12H2,1-4H3/b8-6+,13-7+/t14-,15?,16+,17-,18-/m0/s1. The Morgan fingerprint density at radius 2 is 2.00 bits per heavy atom. The Morgan fingerprint density at radius 3 is 2.61 bits per heavy atom. The zero-order valence-electron chi connectivity index (χ0n) is 14.4. The number of ether oxygens (including phenoxy) is 2. The molecule has 2 saturated heterocycles. The minimum absolute atomic E-state index is 0.0802. The van der Waals surface area contributed by atoms with Crippen molar-refractivity contribution in [1.82, 2.24) is 0 Å². The molecule has 1 N–H and O–H groups in total. The highest BCUT2D eigenvalue weighted by Crippen LogP contribution is 2.35. The van der Waals surface area contributed by atoms with Gasteiger partial charge in [0.1, 0.15) is 14.2 Å². The highest BCUT2D eigenvalue weighted by Gasteiger charge is 2.45. The first-order valence-corrected chi connectivity index (χ1v) is 12.6. The summed E-state index contributed by atoms with van der Waals surface area (Å²) in [6.45, 7) is 8.61. The van der Waals surface area contributed by atoms with Gasteiger partial charge in [0.15, 0.2) is 0 Å². The molecule has 23 heavy (non-hydrogen) atoms. The third kappa shape index (κ3) is 5.88. The van der Waals surface area contributed by atoms with Crippen molar-refractivity contribution in [2.45, 2.75) is 76.3 Å². The second-order valence-corrected chi connectivity index (χ2v) is 13.0. The molecular formula is C18H27BrO3Si. The van der Waals surface area contributed by atoms with Crippen LogP contribution in [0.1, 0.15) is 26.2 Å². The van der Waals surface area contributed by atoms with E-state index in [4.69, 9.17) is 9.47 Å². The van der Waals surface area contributed by atoms with Crippen LogP contribution in [0.4, 0.5) is 0 Å². The lowest BCUT2D eigenvalue weighted by molar-refractivity contribution is -0.0122. The van der Waals surface area contributed by atoms with E-state index in [1.165, 1.54) is 4.48 Å². The van der Waals surface area contributed by atoms with Crippen LogP contribution in [0.15, 0.2) is 22.7 Å². The van der Waals surface area contributed by atoms with E-state index in [1.54, 1.807) is 0 Å². The fourth-order valence-corrected chi connectivity index (χ4v) is 3.45. The summed E-state index contributed by atoms with van der Waals surface area (Å²) in [6.07, 6.45) is 8.08. The number of allylic oxidation sites excluding steroid dienone is 3. The Balaban J connectivity index is 1.84. The Kier molecular flexibility index (Phi) is 6.70. The molecule has 0 radical (unpaired) electrons. The van der Waals surface area contributed by atoms with Gasteiger partial charge in [0, 0.05) is 12.8 Å². The number of halogens is 1. The second kappa shape index (κ2) is 8.13. The van der Waals surface area contributed by atoms with Crippen LogP contribution in [0, 0.1) is 11.5 Å². The topological polar surface area (TPSA) is 38.7 Å². The molecule has 0 saturated carbocycles. The molecule has 2 aliphatic heterocycles. The van der Waals surface area contributed by atoms with Gasteiger partial charge in [0.25, 0.3) is 0 Å². The maximum Gasteiger partial charge on any atom is 0.140 e. The average molecular weight is 399 g/mol. The summed E-state index contributed by atoms with van der Waals surface area (Å²) in [7, 11) is -1.46. The predicted octanol–water partition coefficient (Wildman–Crippen LogP) is 3.79. The SMILES string of the molecule is CC/C(Br)=C\C=C\[C@H]1C[C@@H]2O[C@@H](C(O)C#C[Si](C)(C)C)C[C@@H]2O1. The molecule has 0 amide bonds. The molecule has 2 fully saturated rings. The lowest BCUT2D eigenvalue weighted by atomic mass is 10.1. The van der Waals surface area contributed by atoms with E-state index in [-0.39, 0.29) is 24.4 Å². The molecule has 2 heterocycles. The van der Waals surface area contributed by atoms with Crippen LogP contribution in [0.2, 0.25) is 19.6 Å². The molecule has 0 aromatic rings. The Morgan fingerprint density at radius 1 is 1.30 bits per heavy atom. The lowest BCUT2D eigenvalue weighted by Crippen LogP contribution is -2.27. The van der Waals surface area contributed by atoms with Crippen LogP contribution >= 0.6 is 15.9 Å². The van der Waals surface area contributed by atoms with E-state index in [9.17, 15) is 5.11 Å². The summed E-state index contributed by atoms with van der Waals surface area (Å²) in [5.41, 5.74) is 3.21. The molecule has 0 aromatic carbocycles. The number of aliphatic hydroxyl groups excluding tert-OH is 1. The van der Waals surface area contributed by atoms with Gasteiger partial charge in [-0.2, -0.15) is 0 Å². The number of hydrogen-bond donors (Lipinski definition) is 1. The molecule has 0 aromatic heterocycles. The largest absolute Gasteiger partial charge is 0.378 e. The van der Waals surface area contributed by atoms with Crippen LogP contribution < -0.4 is 0 Å². The van der Waals surface area contributed by atoms with Gasteiger partial charge in [0.2, 0.25) is 0 Å². The Bertz CT molecular complexity index is 513. The van der Waals surface area contributed by atoms with Gasteiger partial charge in [-0.15, -0.1) is 5.54 Å². The maximum absolute atomic E-state index is 10.2. The van der Waals surface area contributed by atoms with Gasteiger partial charge in [-0.05, 0) is 10.9 Å². The quantitative estimate of drug-likeness (QED) is 0.444. The van der Waals surface area contributed by atoms with Crippen molar-refractivity contribution >= 4 is 24.0 Å². The number of aliphatic hydroxyl groups is 1. The van der Waals surface area contributed by atoms with Crippen LogP contribution in [-0.4, -0.2) is 43.7 Å². The van der Waals surface area contributed by atoms with Gasteiger partial charge in [-0.1, -0.05) is 66.6 Å². The van der Waals surface area contributed by atoms with Crippen LogP contribution in [-0.2, 0) is 9.47 Å². The van der Waals surface area contributed by atoms with Crippen molar-refractivity contribution < 1.29 is 14.6 Å². The van der Waals surface area contributed by atoms with Crippen LogP contribution in [0.5, 0.6) is 0 Å². The molecule has 5 atom stereocenters. The minimum Gasteiger partial charge on any atom is -0.378 e. The third-order valence-corrected chi connectivity index (χ3v) is 5.65. The molecule has 2 rings (SSSR count). The van der Waals surface area contributed by atoms with E-state index < -0.39 is 14.2 Å². The van der Waals surface area contributed by atoms with Crippen molar-refractivity contribution in [2.24, 2.45) is 0 Å². The smallest absolute Gasteiger partial charge is 0.140 e. The lowest BCUT2D eigenvalue weighted by Gasteiger charge is -2.16. The zero-order valence-corrected chi connectivity index (χ0v) is 17.0. The fraction of sp³-hybridized carbons (Fsp3) is 0.667. The molecule has 3 nitrogen and oxygen atoms in total. The van der Waals surface area contributed by atoms with Crippen molar-refractivity contribution in [2.75, 3.05) is 0 Å².